The van der Waals surface area contributed by atoms with Crippen LogP contribution < -0.4 is 5.73 Å². The fraction of sp³-hybridized carbons (Fsp3) is 0.727. The van der Waals surface area contributed by atoms with Gasteiger partial charge in [-0.05, 0) is 25.7 Å². The first-order valence-electron chi connectivity index (χ1n) is 6.15. The molecule has 0 spiro atoms. The Kier molecular flexibility index (Phi) is 3.74. The number of sulfonamides is 1. The Labute approximate surface area is 108 Å². The van der Waals surface area contributed by atoms with Crippen molar-refractivity contribution in [3.8, 4) is 0 Å². The van der Waals surface area contributed by atoms with Crippen LogP contribution in [0.4, 0.5) is 0 Å². The van der Waals surface area contributed by atoms with E-state index in [9.17, 15) is 8.42 Å². The molecule has 2 N–H and O–H groups in total. The van der Waals surface area contributed by atoms with E-state index in [1.54, 1.807) is 11.6 Å². The summed E-state index contributed by atoms with van der Waals surface area (Å²) in [7, 11) is -1.67. The molecule has 0 bridgehead atoms. The Balaban J connectivity index is 2.09. The average Bonchev–Trinajstić information content (AvgIpc) is 2.76. The molecule has 2 heterocycles. The summed E-state index contributed by atoms with van der Waals surface area (Å²) in [5.41, 5.74) is 5.85. The van der Waals surface area contributed by atoms with Gasteiger partial charge < -0.3 is 10.3 Å². The first-order valence-corrected chi connectivity index (χ1v) is 7.59. The normalized spacial score (nSPS) is 21.1. The molecule has 102 valence electrons. The molecule has 1 aromatic heterocycles. The second kappa shape index (κ2) is 4.99. The molecule has 0 aliphatic carbocycles. The van der Waals surface area contributed by atoms with Gasteiger partial charge in [0.2, 0.25) is 0 Å². The van der Waals surface area contributed by atoms with Crippen molar-refractivity contribution in [1.82, 2.24) is 13.9 Å². The summed E-state index contributed by atoms with van der Waals surface area (Å²) in [6.07, 6.45) is 4.68. The van der Waals surface area contributed by atoms with Gasteiger partial charge in [0.1, 0.15) is 0 Å². The van der Waals surface area contributed by atoms with E-state index in [0.717, 1.165) is 12.8 Å². The lowest BCUT2D eigenvalue weighted by molar-refractivity contribution is 0.250. The van der Waals surface area contributed by atoms with E-state index < -0.39 is 10.0 Å². The molecular formula is C11H20N4O2S. The molecule has 1 aliphatic rings. The van der Waals surface area contributed by atoms with Crippen molar-refractivity contribution in [2.24, 2.45) is 18.7 Å². The van der Waals surface area contributed by atoms with Crippen molar-refractivity contribution in [1.29, 1.82) is 0 Å². The summed E-state index contributed by atoms with van der Waals surface area (Å²) in [6.45, 7) is 3.05. The van der Waals surface area contributed by atoms with E-state index in [2.05, 4.69) is 4.98 Å². The van der Waals surface area contributed by atoms with Crippen molar-refractivity contribution in [2.45, 2.75) is 30.8 Å². The smallest absolute Gasteiger partial charge is 0.262 e. The minimum Gasteiger partial charge on any atom is -0.339 e. The summed E-state index contributed by atoms with van der Waals surface area (Å²) >= 11 is 0. The van der Waals surface area contributed by atoms with Gasteiger partial charge in [0.05, 0.1) is 6.33 Å². The predicted octanol–water partition coefficient (Wildman–Crippen LogP) is 0.168. The van der Waals surface area contributed by atoms with Gasteiger partial charge in [-0.2, -0.15) is 4.31 Å². The highest BCUT2D eigenvalue weighted by atomic mass is 32.2. The maximum absolute atomic E-state index is 12.3. The highest BCUT2D eigenvalue weighted by Crippen LogP contribution is 2.24. The van der Waals surface area contributed by atoms with Crippen LogP contribution in [0.3, 0.4) is 0 Å². The zero-order valence-corrected chi connectivity index (χ0v) is 11.6. The fourth-order valence-corrected chi connectivity index (χ4v) is 3.73. The summed E-state index contributed by atoms with van der Waals surface area (Å²) in [6, 6.07) is 0.129. The fourth-order valence-electron chi connectivity index (χ4n) is 2.30. The predicted molar refractivity (Wildman–Crippen MR) is 68.3 cm³/mol. The molecule has 0 saturated carbocycles. The van der Waals surface area contributed by atoms with Gasteiger partial charge in [-0.25, -0.2) is 13.4 Å². The standard InChI is InChI=1S/C11H20N4O2S/c1-9(12)10-3-5-15(6-4-10)18(16,17)11-7-14(2)8-13-11/h7-10H,3-6,12H2,1-2H3. The highest BCUT2D eigenvalue weighted by molar-refractivity contribution is 7.89. The summed E-state index contributed by atoms with van der Waals surface area (Å²) in [5.74, 6) is 0.417. The van der Waals surface area contributed by atoms with Crippen LogP contribution in [0.1, 0.15) is 19.8 Å². The molecule has 6 nitrogen and oxygen atoms in total. The summed E-state index contributed by atoms with van der Waals surface area (Å²) in [5, 5.41) is 0.129. The second-order valence-electron chi connectivity index (χ2n) is 4.98. The molecule has 1 aliphatic heterocycles. The molecule has 0 aromatic carbocycles. The quantitative estimate of drug-likeness (QED) is 0.850. The van der Waals surface area contributed by atoms with Crippen molar-refractivity contribution >= 4 is 10.0 Å². The van der Waals surface area contributed by atoms with E-state index >= 15 is 0 Å². The highest BCUT2D eigenvalue weighted by Gasteiger charge is 2.31. The van der Waals surface area contributed by atoms with Gasteiger partial charge in [-0.15, -0.1) is 0 Å². The van der Waals surface area contributed by atoms with Crippen molar-refractivity contribution in [3.63, 3.8) is 0 Å². The maximum Gasteiger partial charge on any atom is 0.262 e. The van der Waals surface area contributed by atoms with E-state index in [1.807, 2.05) is 6.92 Å². The zero-order valence-electron chi connectivity index (χ0n) is 10.8. The number of aryl methyl sites for hydroxylation is 1. The van der Waals surface area contributed by atoms with Gasteiger partial charge in [0.15, 0.2) is 5.03 Å². The number of hydrogen-bond acceptors (Lipinski definition) is 4. The first-order chi connectivity index (χ1) is 8.41. The minimum absolute atomic E-state index is 0.129. The summed E-state index contributed by atoms with van der Waals surface area (Å²) < 4.78 is 27.7. The molecule has 0 amide bonds. The number of nitrogens with two attached hydrogens (primary N) is 1. The molecule has 0 radical (unpaired) electrons. The zero-order chi connectivity index (χ0) is 13.3. The Hall–Kier alpha value is -0.920. The Morgan fingerprint density at radius 2 is 2.06 bits per heavy atom. The minimum atomic E-state index is -3.43. The Bertz CT molecular complexity index is 501. The van der Waals surface area contributed by atoms with Crippen LogP contribution in [0.15, 0.2) is 17.6 Å². The van der Waals surface area contributed by atoms with Crippen LogP contribution >= 0.6 is 0 Å². The number of rotatable bonds is 3. The lowest BCUT2D eigenvalue weighted by atomic mass is 9.92. The van der Waals surface area contributed by atoms with E-state index in [4.69, 9.17) is 5.73 Å². The Morgan fingerprint density at radius 1 is 1.44 bits per heavy atom. The number of aromatic nitrogens is 2. The second-order valence-corrected chi connectivity index (χ2v) is 6.86. The van der Waals surface area contributed by atoms with E-state index in [0.29, 0.717) is 19.0 Å². The lowest BCUT2D eigenvalue weighted by Gasteiger charge is -2.32. The third-order valence-electron chi connectivity index (χ3n) is 3.53. The van der Waals surface area contributed by atoms with Gasteiger partial charge >= 0.3 is 0 Å². The van der Waals surface area contributed by atoms with Gasteiger partial charge in [0.25, 0.3) is 10.0 Å². The molecule has 2 rings (SSSR count). The molecule has 1 atom stereocenters. The van der Waals surface area contributed by atoms with Crippen LogP contribution in [0.2, 0.25) is 0 Å². The molecule has 18 heavy (non-hydrogen) atoms. The monoisotopic (exact) mass is 272 g/mol. The number of imidazole rings is 1. The van der Waals surface area contributed by atoms with Crippen LogP contribution in [0.5, 0.6) is 0 Å². The lowest BCUT2D eigenvalue weighted by Crippen LogP contribution is -2.42. The third kappa shape index (κ3) is 2.57. The average molecular weight is 272 g/mol. The van der Waals surface area contributed by atoms with Crippen LogP contribution in [0, 0.1) is 5.92 Å². The molecule has 1 fully saturated rings. The summed E-state index contributed by atoms with van der Waals surface area (Å²) in [4.78, 5) is 3.93. The third-order valence-corrected chi connectivity index (χ3v) is 5.31. The first kappa shape index (κ1) is 13.5. The number of hydrogen-bond donors (Lipinski definition) is 1. The molecule has 1 aromatic rings. The van der Waals surface area contributed by atoms with Gasteiger partial charge in [-0.3, -0.25) is 0 Å². The number of nitrogens with zero attached hydrogens (tertiary/aromatic N) is 3. The van der Waals surface area contributed by atoms with Crippen molar-refractivity contribution in [3.05, 3.63) is 12.5 Å². The largest absolute Gasteiger partial charge is 0.339 e. The number of piperidine rings is 1. The van der Waals surface area contributed by atoms with Crippen LogP contribution in [0.25, 0.3) is 0 Å². The topological polar surface area (TPSA) is 81.2 Å². The maximum atomic E-state index is 12.3. The SMILES string of the molecule is CC(N)C1CCN(S(=O)(=O)c2cn(C)cn2)CC1. The van der Waals surface area contributed by atoms with Gasteiger partial charge in [-0.1, -0.05) is 0 Å². The molecular weight excluding hydrogens is 252 g/mol. The van der Waals surface area contributed by atoms with Crippen molar-refractivity contribution < 1.29 is 8.42 Å². The van der Waals surface area contributed by atoms with Crippen LogP contribution in [-0.4, -0.2) is 41.4 Å². The molecule has 1 saturated heterocycles. The molecule has 7 heteroatoms. The van der Waals surface area contributed by atoms with E-state index in [1.165, 1.54) is 16.8 Å². The van der Waals surface area contributed by atoms with Crippen molar-refractivity contribution in [2.75, 3.05) is 13.1 Å². The Morgan fingerprint density at radius 3 is 2.50 bits per heavy atom. The van der Waals surface area contributed by atoms with Gasteiger partial charge in [0, 0.05) is 32.4 Å². The van der Waals surface area contributed by atoms with Crippen LogP contribution in [-0.2, 0) is 17.1 Å². The molecule has 1 unspecified atom stereocenters. The van der Waals surface area contributed by atoms with E-state index in [-0.39, 0.29) is 11.1 Å².